The molecule has 4 nitrogen and oxygen atoms in total. The van der Waals surface area contributed by atoms with Crippen molar-refractivity contribution < 1.29 is 0 Å². The molecule has 1 aromatic rings. The lowest BCUT2D eigenvalue weighted by Gasteiger charge is -1.87. The maximum absolute atomic E-state index is 3.92. The van der Waals surface area contributed by atoms with Gasteiger partial charge in [0, 0.05) is 26.5 Å². The van der Waals surface area contributed by atoms with Gasteiger partial charge in [0.15, 0.2) is 0 Å². The third-order valence-electron chi connectivity index (χ3n) is 1.06. The highest BCUT2D eigenvalue weighted by Gasteiger charge is 1.81. The zero-order valence-corrected chi connectivity index (χ0v) is 6.77. The van der Waals surface area contributed by atoms with E-state index >= 15 is 0 Å². The van der Waals surface area contributed by atoms with Crippen molar-refractivity contribution in [2.45, 2.75) is 0 Å². The maximum Gasteiger partial charge on any atom is 0.224 e. The molecule has 0 aliphatic rings. The van der Waals surface area contributed by atoms with Crippen LogP contribution in [-0.4, -0.2) is 16.6 Å². The summed E-state index contributed by atoms with van der Waals surface area (Å²) in [6.45, 7) is 0. The van der Waals surface area contributed by atoms with E-state index in [2.05, 4.69) is 15.5 Å². The number of rotatable bonds is 1. The molecule has 0 spiro atoms. The molecule has 0 amide bonds. The summed E-state index contributed by atoms with van der Waals surface area (Å²) in [5.74, 6) is 0. The van der Waals surface area contributed by atoms with Crippen molar-refractivity contribution in [2.24, 2.45) is 12.1 Å². The summed E-state index contributed by atoms with van der Waals surface area (Å²) in [5.41, 5.74) is 3.50. The predicted molar refractivity (Wildman–Crippen MR) is 41.6 cm³/mol. The molecule has 1 rings (SSSR count). The van der Waals surface area contributed by atoms with Crippen molar-refractivity contribution >= 4 is 12.4 Å². The topological polar surface area (TPSA) is 45.1 Å². The first kappa shape index (κ1) is 9.10. The Kier molecular flexibility index (Phi) is 3.64. The van der Waals surface area contributed by atoms with Crippen LogP contribution in [0.2, 0.25) is 0 Å². The Morgan fingerprint density at radius 2 is 2.40 bits per heavy atom. The summed E-state index contributed by atoms with van der Waals surface area (Å²) in [6.07, 6.45) is 3.73. The van der Waals surface area contributed by atoms with Gasteiger partial charge < -0.3 is 15.0 Å². The summed E-state index contributed by atoms with van der Waals surface area (Å²) >= 11 is 0. The highest BCUT2D eigenvalue weighted by atomic mass is 35.5. The summed E-state index contributed by atoms with van der Waals surface area (Å²) < 4.78 is 1.89. The van der Waals surface area contributed by atoms with E-state index in [9.17, 15) is 0 Å². The molecule has 10 heavy (non-hydrogen) atoms. The van der Waals surface area contributed by atoms with Crippen molar-refractivity contribution in [1.82, 2.24) is 15.0 Å². The van der Waals surface area contributed by atoms with Gasteiger partial charge in [-0.3, -0.25) is 0 Å². The number of hydrogen-bond acceptors (Lipinski definition) is 2. The number of nitrogens with one attached hydrogen (secondary N) is 2. The first-order chi connectivity index (χ1) is 4.34. The van der Waals surface area contributed by atoms with Crippen LogP contribution >= 0.6 is 12.4 Å². The lowest BCUT2D eigenvalue weighted by molar-refractivity contribution is 0.745. The van der Waals surface area contributed by atoms with Crippen LogP contribution in [0.1, 0.15) is 0 Å². The normalized spacial score (nSPS) is 10.8. The lowest BCUT2D eigenvalue weighted by Crippen LogP contribution is -2.18. The van der Waals surface area contributed by atoms with E-state index < -0.39 is 0 Å². The maximum atomic E-state index is 3.92. The Bertz CT molecular complexity index is 236. The third kappa shape index (κ3) is 1.80. The summed E-state index contributed by atoms with van der Waals surface area (Å²) in [4.78, 5) is 2.94. The minimum absolute atomic E-state index is 0. The molecule has 0 aliphatic heterocycles. The zero-order valence-electron chi connectivity index (χ0n) is 5.96. The SMILES string of the molecule is CNN=c1[nH]ccn1C.Cl. The monoisotopic (exact) mass is 162 g/mol. The second-order valence-corrected chi connectivity index (χ2v) is 1.73. The van der Waals surface area contributed by atoms with Crippen molar-refractivity contribution in [2.75, 3.05) is 7.05 Å². The smallest absolute Gasteiger partial charge is 0.224 e. The molecule has 0 unspecified atom stereocenters. The molecule has 0 saturated carbocycles. The molecular weight excluding hydrogens is 152 g/mol. The van der Waals surface area contributed by atoms with Crippen molar-refractivity contribution in [3.63, 3.8) is 0 Å². The van der Waals surface area contributed by atoms with E-state index in [1.165, 1.54) is 0 Å². The van der Waals surface area contributed by atoms with Crippen molar-refractivity contribution in [3.05, 3.63) is 18.0 Å². The van der Waals surface area contributed by atoms with Gasteiger partial charge >= 0.3 is 0 Å². The summed E-state index contributed by atoms with van der Waals surface area (Å²) in [5, 5.41) is 3.92. The molecule has 1 heterocycles. The second-order valence-electron chi connectivity index (χ2n) is 1.73. The van der Waals surface area contributed by atoms with Gasteiger partial charge in [-0.25, -0.2) is 0 Å². The van der Waals surface area contributed by atoms with E-state index in [0.29, 0.717) is 0 Å². The Morgan fingerprint density at radius 1 is 1.70 bits per heavy atom. The number of nitrogens with zero attached hydrogens (tertiary/aromatic N) is 2. The van der Waals surface area contributed by atoms with E-state index in [-0.39, 0.29) is 12.4 Å². The summed E-state index contributed by atoms with van der Waals surface area (Å²) in [7, 11) is 3.69. The van der Waals surface area contributed by atoms with Crippen LogP contribution in [0.4, 0.5) is 0 Å². The number of H-pyrrole nitrogens is 1. The number of halogens is 1. The summed E-state index contributed by atoms with van der Waals surface area (Å²) in [6, 6.07) is 0. The standard InChI is InChI=1S/C5H10N4.ClH/c1-6-8-5-7-3-4-9(5)2;/h3-4,6H,1-2H3,(H,7,8);1H. The number of hydrogen-bond donors (Lipinski definition) is 2. The fourth-order valence-electron chi connectivity index (χ4n) is 0.613. The Balaban J connectivity index is 0.000000810. The predicted octanol–water partition coefficient (Wildman–Crippen LogP) is -0.190. The molecular formula is C5H11ClN4. The van der Waals surface area contributed by atoms with Gasteiger partial charge in [-0.15, -0.1) is 17.5 Å². The first-order valence-corrected chi connectivity index (χ1v) is 2.75. The van der Waals surface area contributed by atoms with Gasteiger partial charge in [0.2, 0.25) is 5.62 Å². The van der Waals surface area contributed by atoms with Crippen LogP contribution in [0.15, 0.2) is 17.5 Å². The average molecular weight is 163 g/mol. The lowest BCUT2D eigenvalue weighted by atomic mass is 10.9. The van der Waals surface area contributed by atoms with E-state index in [0.717, 1.165) is 5.62 Å². The molecule has 0 fully saturated rings. The van der Waals surface area contributed by atoms with Gasteiger partial charge in [0.1, 0.15) is 0 Å². The van der Waals surface area contributed by atoms with Gasteiger partial charge in [0.25, 0.3) is 0 Å². The molecule has 0 saturated heterocycles. The first-order valence-electron chi connectivity index (χ1n) is 2.75. The molecule has 0 aromatic carbocycles. The molecule has 58 valence electrons. The molecule has 2 N–H and O–H groups in total. The van der Waals surface area contributed by atoms with Crippen LogP contribution in [0.25, 0.3) is 0 Å². The Labute approximate surface area is 65.4 Å². The van der Waals surface area contributed by atoms with Crippen molar-refractivity contribution in [3.8, 4) is 0 Å². The van der Waals surface area contributed by atoms with Crippen LogP contribution in [0.5, 0.6) is 0 Å². The fourth-order valence-corrected chi connectivity index (χ4v) is 0.613. The molecule has 0 aliphatic carbocycles. The molecule has 0 bridgehead atoms. The molecule has 0 atom stereocenters. The van der Waals surface area contributed by atoms with Gasteiger partial charge in [-0.1, -0.05) is 0 Å². The largest absolute Gasteiger partial charge is 0.330 e. The second kappa shape index (κ2) is 4.00. The van der Waals surface area contributed by atoms with E-state index in [1.54, 1.807) is 7.05 Å². The minimum atomic E-state index is 0. The van der Waals surface area contributed by atoms with Crippen LogP contribution < -0.4 is 11.0 Å². The minimum Gasteiger partial charge on any atom is -0.330 e. The quantitative estimate of drug-likeness (QED) is 0.553. The zero-order chi connectivity index (χ0) is 6.69. The molecule has 1 aromatic heterocycles. The van der Waals surface area contributed by atoms with Gasteiger partial charge in [0.05, 0.1) is 0 Å². The third-order valence-corrected chi connectivity index (χ3v) is 1.06. The highest BCUT2D eigenvalue weighted by molar-refractivity contribution is 5.85. The van der Waals surface area contributed by atoms with Crippen LogP contribution in [0.3, 0.4) is 0 Å². The molecule has 0 radical (unpaired) electrons. The Morgan fingerprint density at radius 3 is 2.80 bits per heavy atom. The fraction of sp³-hybridized carbons (Fsp3) is 0.400. The van der Waals surface area contributed by atoms with E-state index in [4.69, 9.17) is 0 Å². The van der Waals surface area contributed by atoms with Crippen LogP contribution in [-0.2, 0) is 7.05 Å². The Hall–Kier alpha value is -0.900. The number of aryl methyl sites for hydroxylation is 1. The van der Waals surface area contributed by atoms with Gasteiger partial charge in [-0.05, 0) is 0 Å². The molecule has 5 heteroatoms. The number of imidazole rings is 1. The number of aromatic amines is 1. The van der Waals surface area contributed by atoms with Crippen LogP contribution in [0, 0.1) is 0 Å². The van der Waals surface area contributed by atoms with E-state index in [1.807, 2.05) is 24.0 Å². The highest BCUT2D eigenvalue weighted by Crippen LogP contribution is 1.67. The number of aromatic nitrogens is 2. The average Bonchev–Trinajstić information content (AvgIpc) is 2.18. The van der Waals surface area contributed by atoms with Gasteiger partial charge in [-0.2, -0.15) is 0 Å². The van der Waals surface area contributed by atoms with Crippen molar-refractivity contribution in [1.29, 1.82) is 0 Å².